The zero-order valence-electron chi connectivity index (χ0n) is 35.7. The van der Waals surface area contributed by atoms with E-state index in [1.54, 1.807) is 7.11 Å². The maximum atomic E-state index is 14.0. The molecule has 1 saturated carbocycles. The van der Waals surface area contributed by atoms with Gasteiger partial charge in [-0.2, -0.15) is 0 Å². The maximum Gasteiger partial charge on any atom is 0.358 e. The number of para-hydroxylation sites is 1. The Morgan fingerprint density at radius 1 is 0.950 bits per heavy atom. The molecule has 2 aliphatic heterocycles. The third kappa shape index (κ3) is 9.22. The minimum Gasteiger partial charge on any atom is -0.493 e. The smallest absolute Gasteiger partial charge is 0.358 e. The number of anilines is 2. The van der Waals surface area contributed by atoms with E-state index in [9.17, 15) is 9.59 Å². The molecule has 2 fully saturated rings. The summed E-state index contributed by atoms with van der Waals surface area (Å²) in [5.74, 6) is 1.29. The summed E-state index contributed by atoms with van der Waals surface area (Å²) in [6, 6.07) is 23.7. The summed E-state index contributed by atoms with van der Waals surface area (Å²) in [7, 11) is 1.72. The van der Waals surface area contributed by atoms with Crippen LogP contribution in [0.4, 0.5) is 10.9 Å². The Morgan fingerprint density at radius 2 is 1.73 bits per heavy atom. The third-order valence-electron chi connectivity index (χ3n) is 12.3. The highest BCUT2D eigenvalue weighted by atomic mass is 32.1. The molecule has 1 unspecified atom stereocenters. The molecule has 4 heterocycles. The minimum absolute atomic E-state index is 0.167. The Morgan fingerprint density at radius 3 is 2.48 bits per heavy atom. The van der Waals surface area contributed by atoms with Crippen LogP contribution in [0.2, 0.25) is 0 Å². The number of benzene rings is 3. The number of esters is 1. The van der Waals surface area contributed by atoms with Gasteiger partial charge in [0.2, 0.25) is 0 Å². The number of rotatable bonds is 13. The molecule has 0 bridgehead atoms. The van der Waals surface area contributed by atoms with Gasteiger partial charge in [-0.3, -0.25) is 15.0 Å². The number of hydrogen-bond acceptors (Lipinski definition) is 11. The largest absolute Gasteiger partial charge is 0.493 e. The van der Waals surface area contributed by atoms with E-state index >= 15 is 0 Å². The van der Waals surface area contributed by atoms with E-state index in [4.69, 9.17) is 23.9 Å². The molecular weight excluding hydrogens is 775 g/mol. The van der Waals surface area contributed by atoms with Crippen LogP contribution in [0.5, 0.6) is 5.75 Å². The van der Waals surface area contributed by atoms with Crippen molar-refractivity contribution in [1.82, 2.24) is 14.9 Å². The predicted octanol–water partition coefficient (Wildman–Crippen LogP) is 9.32. The molecule has 1 spiro atoms. The maximum absolute atomic E-state index is 14.0. The number of hydrogen-bond donors (Lipinski definition) is 1. The number of carbonyl (C=O) groups is 2. The molecule has 12 heteroatoms. The van der Waals surface area contributed by atoms with Gasteiger partial charge >= 0.3 is 5.97 Å². The number of nitrogens with one attached hydrogen (secondary N) is 1. The van der Waals surface area contributed by atoms with Gasteiger partial charge in [-0.25, -0.2) is 14.8 Å². The number of nitrogens with zero attached hydrogens (tertiary/aromatic N) is 4. The molecule has 8 rings (SSSR count). The minimum atomic E-state index is -0.714. The lowest BCUT2D eigenvalue weighted by Gasteiger charge is -2.52. The topological polar surface area (TPSA) is 115 Å². The number of fused-ring (bicyclic) bond motifs is 2. The molecule has 316 valence electrons. The van der Waals surface area contributed by atoms with Gasteiger partial charge in [0.05, 0.1) is 16.8 Å². The SMILES string of the molecule is CCOC(CN1CCC2(CC1)CC(COc1cccc(-c3ccc(N4CCc5cccc(C(=O)Nc6nc7ccccc7s6)c5C4)nc3C(=O)OC(C)(C)C)c1C)C2)OC. The Labute approximate surface area is 357 Å². The lowest BCUT2D eigenvalue weighted by molar-refractivity contribution is -0.139. The molecule has 1 aliphatic carbocycles. The molecule has 0 radical (unpaired) electrons. The molecule has 1 amide bonds. The molecule has 1 N–H and O–H groups in total. The first-order valence-corrected chi connectivity index (χ1v) is 22.1. The van der Waals surface area contributed by atoms with Gasteiger partial charge in [-0.1, -0.05) is 47.7 Å². The number of thiazole rings is 1. The molecule has 3 aromatic carbocycles. The van der Waals surface area contributed by atoms with Crippen molar-refractivity contribution in [3.05, 3.63) is 101 Å². The molecule has 2 aromatic heterocycles. The molecule has 3 aliphatic rings. The lowest BCUT2D eigenvalue weighted by atomic mass is 9.58. The fraction of sp³-hybridized carbons (Fsp3) is 0.458. The summed E-state index contributed by atoms with van der Waals surface area (Å²) in [6.45, 7) is 15.1. The van der Waals surface area contributed by atoms with Crippen molar-refractivity contribution in [2.75, 3.05) is 56.7 Å². The zero-order valence-corrected chi connectivity index (χ0v) is 36.5. The number of carbonyl (C=O) groups excluding carboxylic acids is 2. The molecule has 1 atom stereocenters. The number of pyridine rings is 1. The summed E-state index contributed by atoms with van der Waals surface area (Å²) in [5, 5.41) is 3.60. The number of likely N-dealkylation sites (tertiary alicyclic amines) is 1. The van der Waals surface area contributed by atoms with E-state index < -0.39 is 11.6 Å². The van der Waals surface area contributed by atoms with Crippen LogP contribution in [0.3, 0.4) is 0 Å². The first-order valence-electron chi connectivity index (χ1n) is 21.3. The van der Waals surface area contributed by atoms with E-state index in [2.05, 4.69) is 26.2 Å². The quantitative estimate of drug-likeness (QED) is 0.0910. The monoisotopic (exact) mass is 831 g/mol. The second-order valence-electron chi connectivity index (χ2n) is 17.6. The van der Waals surface area contributed by atoms with Gasteiger partial charge in [0.25, 0.3) is 5.91 Å². The van der Waals surface area contributed by atoms with E-state index in [1.807, 2.05) is 101 Å². The summed E-state index contributed by atoms with van der Waals surface area (Å²) < 4.78 is 24.7. The van der Waals surface area contributed by atoms with Crippen LogP contribution in [0.25, 0.3) is 21.3 Å². The normalized spacial score (nSPS) is 17.3. The average Bonchev–Trinajstić information content (AvgIpc) is 3.64. The van der Waals surface area contributed by atoms with Gasteiger partial charge < -0.3 is 23.8 Å². The Balaban J connectivity index is 0.969. The highest BCUT2D eigenvalue weighted by Crippen LogP contribution is 2.52. The number of aromatic nitrogens is 2. The molecular formula is C48H57N5O6S. The zero-order chi connectivity index (χ0) is 42.0. The summed E-state index contributed by atoms with van der Waals surface area (Å²) in [5.41, 5.74) is 5.99. The number of amides is 1. The van der Waals surface area contributed by atoms with Crippen LogP contribution in [-0.4, -0.2) is 85.1 Å². The lowest BCUT2D eigenvalue weighted by Crippen LogP contribution is -2.50. The Hall–Kier alpha value is -4.88. The van der Waals surface area contributed by atoms with Gasteiger partial charge in [0, 0.05) is 44.5 Å². The third-order valence-corrected chi connectivity index (χ3v) is 13.2. The van der Waals surface area contributed by atoms with E-state index in [-0.39, 0.29) is 17.9 Å². The summed E-state index contributed by atoms with van der Waals surface area (Å²) in [4.78, 5) is 42.0. The second-order valence-corrected chi connectivity index (χ2v) is 18.6. The van der Waals surface area contributed by atoms with Crippen molar-refractivity contribution in [3.63, 3.8) is 0 Å². The summed E-state index contributed by atoms with van der Waals surface area (Å²) in [6.07, 6.45) is 5.32. The van der Waals surface area contributed by atoms with Crippen LogP contribution < -0.4 is 15.0 Å². The Kier molecular flexibility index (Phi) is 12.3. The number of methoxy groups -OCH3 is 1. The van der Waals surface area contributed by atoms with Crippen molar-refractivity contribution in [2.45, 2.75) is 85.2 Å². The summed E-state index contributed by atoms with van der Waals surface area (Å²) >= 11 is 1.46. The first kappa shape index (κ1) is 41.8. The van der Waals surface area contributed by atoms with Crippen molar-refractivity contribution >= 4 is 44.4 Å². The second kappa shape index (κ2) is 17.6. The Bertz CT molecular complexity index is 2310. The average molecular weight is 832 g/mol. The van der Waals surface area contributed by atoms with Gasteiger partial charge in [0.15, 0.2) is 17.1 Å². The van der Waals surface area contributed by atoms with Gasteiger partial charge in [0.1, 0.15) is 17.2 Å². The van der Waals surface area contributed by atoms with Crippen LogP contribution >= 0.6 is 11.3 Å². The van der Waals surface area contributed by atoms with Crippen LogP contribution in [-0.2, 0) is 27.2 Å². The van der Waals surface area contributed by atoms with Crippen LogP contribution in [0, 0.1) is 18.3 Å². The highest BCUT2D eigenvalue weighted by molar-refractivity contribution is 7.22. The first-order chi connectivity index (χ1) is 28.9. The fourth-order valence-corrected chi connectivity index (χ4v) is 10.0. The number of piperidine rings is 1. The van der Waals surface area contributed by atoms with Crippen molar-refractivity contribution < 1.29 is 28.5 Å². The van der Waals surface area contributed by atoms with E-state index in [1.165, 1.54) is 37.0 Å². The van der Waals surface area contributed by atoms with E-state index in [0.717, 1.165) is 64.3 Å². The van der Waals surface area contributed by atoms with Crippen LogP contribution in [0.1, 0.15) is 90.9 Å². The standard InChI is InChI=1S/C48H57N5O6S/c1-7-57-42(56-6)29-52-24-21-48(22-25-52)26-32(27-48)30-58-39-16-11-13-34(31(39)2)35-18-19-41(50-43(35)45(55)59-47(3,4)5)53-23-20-33-12-10-14-36(37(33)28-53)44(54)51-46-49-38-15-8-9-17-40(38)60-46/h8-19,32,42H,7,20-30H2,1-6H3,(H,49,51,54). The van der Waals surface area contributed by atoms with Crippen molar-refractivity contribution in [1.29, 1.82) is 0 Å². The van der Waals surface area contributed by atoms with E-state index in [0.29, 0.717) is 59.7 Å². The van der Waals surface area contributed by atoms with Crippen molar-refractivity contribution in [2.24, 2.45) is 11.3 Å². The molecule has 1 saturated heterocycles. The van der Waals surface area contributed by atoms with Crippen molar-refractivity contribution in [3.8, 4) is 16.9 Å². The fourth-order valence-electron chi connectivity index (χ4n) is 9.17. The van der Waals surface area contributed by atoms with Gasteiger partial charge in [-0.15, -0.1) is 0 Å². The predicted molar refractivity (Wildman–Crippen MR) is 237 cm³/mol. The molecule has 11 nitrogen and oxygen atoms in total. The highest BCUT2D eigenvalue weighted by Gasteiger charge is 2.46. The molecule has 5 aromatic rings. The van der Waals surface area contributed by atoms with Gasteiger partial charge in [-0.05, 0) is 150 Å². The van der Waals surface area contributed by atoms with Crippen LogP contribution in [0.15, 0.2) is 72.8 Å². The molecule has 60 heavy (non-hydrogen) atoms. The number of ether oxygens (including phenoxy) is 4.